The number of aliphatic hydroxyl groups is 1. The van der Waals surface area contributed by atoms with Crippen LogP contribution in [0.4, 0.5) is 0 Å². The summed E-state index contributed by atoms with van der Waals surface area (Å²) in [6.45, 7) is 13.0. The van der Waals surface area contributed by atoms with Crippen LogP contribution in [0, 0.1) is 17.8 Å². The third-order valence-corrected chi connectivity index (χ3v) is 5.80. The number of esters is 1. The van der Waals surface area contributed by atoms with Gasteiger partial charge in [0.25, 0.3) is 0 Å². The number of ketones is 1. The molecule has 0 aromatic carbocycles. The van der Waals surface area contributed by atoms with Gasteiger partial charge in [0.15, 0.2) is 5.78 Å². The zero-order valence-electron chi connectivity index (χ0n) is 18.3. The second-order valence-electron chi connectivity index (χ2n) is 8.96. The van der Waals surface area contributed by atoms with Crippen molar-refractivity contribution < 1.29 is 24.2 Å². The third-order valence-electron chi connectivity index (χ3n) is 5.80. The Labute approximate surface area is 164 Å². The minimum absolute atomic E-state index is 0.0159. The molecule has 0 aromatic rings. The van der Waals surface area contributed by atoms with Crippen molar-refractivity contribution >= 4 is 11.8 Å². The monoisotopic (exact) mass is 382 g/mol. The number of cyclic esters (lactones) is 1. The molecule has 0 amide bonds. The minimum atomic E-state index is -1.40. The molecule has 0 spiro atoms. The van der Waals surface area contributed by atoms with Crippen LogP contribution in [0.1, 0.15) is 74.1 Å². The summed E-state index contributed by atoms with van der Waals surface area (Å²) in [6, 6.07) is 0. The Balaban J connectivity index is 3.31. The standard InChI is InChI=1S/C22H38O5/c1-9-18-22(7,25)13-17(5)19(23)16(4)12-21(6,26-8)11-14(2)10-15(3)20(24)27-18/h13-16,18,25H,9-12H2,1-8H3/b17-13+/t14?,15?,16-,18-,21+,22+/m1/s1. The first kappa shape index (κ1) is 23.8. The van der Waals surface area contributed by atoms with Crippen LogP contribution in [-0.4, -0.2) is 41.3 Å². The summed E-state index contributed by atoms with van der Waals surface area (Å²) in [6.07, 6.45) is 3.35. The number of Topliss-reactive ketones (excluding diaryl/α,β-unsaturated/α-hetero) is 1. The number of hydrogen-bond acceptors (Lipinski definition) is 5. The molecule has 0 aromatic heterocycles. The van der Waals surface area contributed by atoms with Crippen LogP contribution in [0.2, 0.25) is 0 Å². The fraction of sp³-hybridized carbons (Fsp3) is 0.818. The second kappa shape index (κ2) is 9.33. The van der Waals surface area contributed by atoms with Gasteiger partial charge in [-0.2, -0.15) is 0 Å². The summed E-state index contributed by atoms with van der Waals surface area (Å²) in [7, 11) is 1.67. The average Bonchev–Trinajstić information content (AvgIpc) is 2.56. The summed E-state index contributed by atoms with van der Waals surface area (Å²) in [5, 5.41) is 10.9. The first-order chi connectivity index (χ1) is 12.3. The number of ether oxygens (including phenoxy) is 2. The van der Waals surface area contributed by atoms with Crippen LogP contribution in [0.3, 0.4) is 0 Å². The van der Waals surface area contributed by atoms with E-state index in [0.717, 1.165) is 6.42 Å². The van der Waals surface area contributed by atoms with E-state index in [1.807, 2.05) is 27.7 Å². The molecule has 0 aliphatic carbocycles. The van der Waals surface area contributed by atoms with Gasteiger partial charge in [-0.3, -0.25) is 9.59 Å². The number of methoxy groups -OCH3 is 1. The Morgan fingerprint density at radius 1 is 1.19 bits per heavy atom. The number of carbonyl (C=O) groups is 2. The summed E-state index contributed by atoms with van der Waals surface area (Å²) in [4.78, 5) is 25.4. The Bertz CT molecular complexity index is 565. The largest absolute Gasteiger partial charge is 0.459 e. The van der Waals surface area contributed by atoms with Crippen molar-refractivity contribution in [3.05, 3.63) is 11.6 Å². The highest BCUT2D eigenvalue weighted by atomic mass is 16.6. The van der Waals surface area contributed by atoms with Gasteiger partial charge >= 0.3 is 5.97 Å². The highest BCUT2D eigenvalue weighted by molar-refractivity contribution is 5.96. The van der Waals surface area contributed by atoms with Crippen molar-refractivity contribution in [3.63, 3.8) is 0 Å². The maximum atomic E-state index is 12.9. The van der Waals surface area contributed by atoms with Crippen LogP contribution in [0.25, 0.3) is 0 Å². The molecular weight excluding hydrogens is 344 g/mol. The Morgan fingerprint density at radius 3 is 2.30 bits per heavy atom. The van der Waals surface area contributed by atoms with Crippen molar-refractivity contribution in [2.45, 2.75) is 91.5 Å². The van der Waals surface area contributed by atoms with E-state index in [-0.39, 0.29) is 29.5 Å². The van der Waals surface area contributed by atoms with Gasteiger partial charge in [-0.1, -0.05) is 27.7 Å². The first-order valence-corrected chi connectivity index (χ1v) is 10.1. The molecule has 1 aliphatic heterocycles. The molecule has 0 fully saturated rings. The van der Waals surface area contributed by atoms with Gasteiger partial charge in [-0.15, -0.1) is 0 Å². The van der Waals surface area contributed by atoms with Gasteiger partial charge in [0.2, 0.25) is 0 Å². The van der Waals surface area contributed by atoms with Gasteiger partial charge in [-0.05, 0) is 64.0 Å². The van der Waals surface area contributed by atoms with Crippen molar-refractivity contribution in [2.75, 3.05) is 7.11 Å². The smallest absolute Gasteiger partial charge is 0.309 e. The number of hydrogen-bond donors (Lipinski definition) is 1. The van der Waals surface area contributed by atoms with Crippen molar-refractivity contribution in [3.8, 4) is 0 Å². The molecule has 5 heteroatoms. The fourth-order valence-electron chi connectivity index (χ4n) is 4.37. The maximum absolute atomic E-state index is 12.9. The summed E-state index contributed by atoms with van der Waals surface area (Å²) >= 11 is 0. The van der Waals surface area contributed by atoms with Gasteiger partial charge in [0.05, 0.1) is 11.5 Å². The second-order valence-corrected chi connectivity index (χ2v) is 8.96. The first-order valence-electron chi connectivity index (χ1n) is 10.1. The molecule has 0 saturated heterocycles. The predicted molar refractivity (Wildman–Crippen MR) is 106 cm³/mol. The molecule has 2 unspecified atom stereocenters. The molecule has 156 valence electrons. The normalized spacial score (nSPS) is 42.0. The molecule has 0 radical (unpaired) electrons. The molecule has 5 nitrogen and oxygen atoms in total. The lowest BCUT2D eigenvalue weighted by Crippen LogP contribution is -2.42. The van der Waals surface area contributed by atoms with Crippen molar-refractivity contribution in [1.82, 2.24) is 0 Å². The Morgan fingerprint density at radius 2 is 1.78 bits per heavy atom. The topological polar surface area (TPSA) is 72.8 Å². The average molecular weight is 383 g/mol. The molecule has 27 heavy (non-hydrogen) atoms. The molecule has 0 bridgehead atoms. The van der Waals surface area contributed by atoms with Crippen LogP contribution in [-0.2, 0) is 19.1 Å². The molecule has 6 atom stereocenters. The number of allylic oxidation sites excluding steroid dienone is 1. The quantitative estimate of drug-likeness (QED) is 0.729. The van der Waals surface area contributed by atoms with Crippen LogP contribution in [0.5, 0.6) is 0 Å². The Kier molecular flexibility index (Phi) is 8.24. The molecular formula is C22H38O5. The Hall–Kier alpha value is -1.20. The summed E-state index contributed by atoms with van der Waals surface area (Å²) in [5.41, 5.74) is -1.36. The fourth-order valence-corrected chi connectivity index (χ4v) is 4.37. The van der Waals surface area contributed by atoms with Gasteiger partial charge in [0.1, 0.15) is 11.7 Å². The van der Waals surface area contributed by atoms with Gasteiger partial charge < -0.3 is 14.6 Å². The van der Waals surface area contributed by atoms with Crippen molar-refractivity contribution in [1.29, 1.82) is 0 Å². The van der Waals surface area contributed by atoms with Gasteiger partial charge in [-0.25, -0.2) is 0 Å². The van der Waals surface area contributed by atoms with E-state index in [1.54, 1.807) is 21.0 Å². The third kappa shape index (κ3) is 6.42. The van der Waals surface area contributed by atoms with E-state index in [9.17, 15) is 14.7 Å². The van der Waals surface area contributed by atoms with Crippen LogP contribution < -0.4 is 0 Å². The van der Waals surface area contributed by atoms with E-state index < -0.39 is 17.3 Å². The van der Waals surface area contributed by atoms with E-state index in [4.69, 9.17) is 9.47 Å². The molecule has 0 saturated carbocycles. The van der Waals surface area contributed by atoms with E-state index in [1.165, 1.54) is 6.08 Å². The lowest BCUT2D eigenvalue weighted by Gasteiger charge is -2.35. The molecule has 1 N–H and O–H groups in total. The highest BCUT2D eigenvalue weighted by Gasteiger charge is 2.37. The highest BCUT2D eigenvalue weighted by Crippen LogP contribution is 2.33. The lowest BCUT2D eigenvalue weighted by atomic mass is 9.80. The summed E-state index contributed by atoms with van der Waals surface area (Å²) < 4.78 is 11.4. The van der Waals surface area contributed by atoms with E-state index in [0.29, 0.717) is 24.8 Å². The zero-order chi connectivity index (χ0) is 21.0. The molecule has 1 heterocycles. The lowest BCUT2D eigenvalue weighted by molar-refractivity contribution is -0.164. The molecule has 1 aliphatic rings. The SMILES string of the molecule is CC[C@H]1OC(=O)C(C)CC(C)C[C@](C)(OC)C[C@@H](C)C(=O)/C(C)=C/[C@]1(C)O. The van der Waals surface area contributed by atoms with Crippen molar-refractivity contribution in [2.24, 2.45) is 17.8 Å². The minimum Gasteiger partial charge on any atom is -0.459 e. The predicted octanol–water partition coefficient (Wildman–Crippen LogP) is 4.07. The summed E-state index contributed by atoms with van der Waals surface area (Å²) in [5.74, 6) is -0.580. The van der Waals surface area contributed by atoms with E-state index in [2.05, 4.69) is 6.92 Å². The zero-order valence-corrected chi connectivity index (χ0v) is 18.3. The van der Waals surface area contributed by atoms with E-state index >= 15 is 0 Å². The van der Waals surface area contributed by atoms with Crippen LogP contribution >= 0.6 is 0 Å². The van der Waals surface area contributed by atoms with Crippen LogP contribution in [0.15, 0.2) is 11.6 Å². The van der Waals surface area contributed by atoms with Gasteiger partial charge in [0, 0.05) is 13.0 Å². The molecule has 1 rings (SSSR count). The number of rotatable bonds is 2. The maximum Gasteiger partial charge on any atom is 0.309 e. The number of carbonyl (C=O) groups excluding carboxylic acids is 2.